The number of benzene rings is 2. The highest BCUT2D eigenvalue weighted by atomic mass is 16.4. The van der Waals surface area contributed by atoms with Gasteiger partial charge < -0.3 is 19.3 Å². The van der Waals surface area contributed by atoms with Gasteiger partial charge in [0, 0.05) is 27.9 Å². The van der Waals surface area contributed by atoms with E-state index in [4.69, 9.17) is 13.9 Å². The maximum atomic E-state index is 12.6. The third-order valence-corrected chi connectivity index (χ3v) is 5.45. The summed E-state index contributed by atoms with van der Waals surface area (Å²) in [6, 6.07) is 11.5. The fourth-order valence-corrected chi connectivity index (χ4v) is 3.77. The predicted octanol–water partition coefficient (Wildman–Crippen LogP) is 3.86. The molecule has 1 amide bonds. The smallest absolute Gasteiger partial charge is 0.340 e. The highest BCUT2D eigenvalue weighted by Gasteiger charge is 2.20. The monoisotopic (exact) mass is 405 g/mol. The summed E-state index contributed by atoms with van der Waals surface area (Å²) in [5.41, 5.74) is 4.35. The van der Waals surface area contributed by atoms with Crippen LogP contribution in [0.25, 0.3) is 33.1 Å². The number of amides is 1. The number of nitrogens with one attached hydrogen (secondary N) is 1. The van der Waals surface area contributed by atoms with Crippen molar-refractivity contribution in [2.24, 2.45) is 0 Å². The van der Waals surface area contributed by atoms with Crippen LogP contribution in [0.1, 0.15) is 23.6 Å². The molecule has 2 aromatic heterocycles. The van der Waals surface area contributed by atoms with Crippen LogP contribution in [0.2, 0.25) is 0 Å². The molecule has 0 saturated heterocycles. The van der Waals surface area contributed by atoms with Crippen LogP contribution in [0.3, 0.4) is 0 Å². The van der Waals surface area contributed by atoms with Gasteiger partial charge in [0.2, 0.25) is 5.91 Å². The highest BCUT2D eigenvalue weighted by Crippen LogP contribution is 2.37. The summed E-state index contributed by atoms with van der Waals surface area (Å²) in [5, 5.41) is 13.5. The van der Waals surface area contributed by atoms with E-state index >= 15 is 0 Å². The lowest BCUT2D eigenvalue weighted by molar-refractivity contribution is -0.121. The molecule has 1 atom stereocenters. The van der Waals surface area contributed by atoms with Gasteiger partial charge in [0.1, 0.15) is 11.2 Å². The molecule has 2 N–H and O–H groups in total. The molecule has 4 aromatic rings. The van der Waals surface area contributed by atoms with E-state index in [2.05, 4.69) is 5.32 Å². The molecule has 0 aliphatic carbocycles. The number of aliphatic hydroxyl groups is 1. The van der Waals surface area contributed by atoms with Gasteiger partial charge in [-0.1, -0.05) is 30.3 Å². The minimum absolute atomic E-state index is 0.109. The second kappa shape index (κ2) is 7.80. The third kappa shape index (κ3) is 3.39. The molecule has 4 rings (SSSR count). The number of hydrogen-bond acceptors (Lipinski definition) is 5. The Labute approximate surface area is 173 Å². The summed E-state index contributed by atoms with van der Waals surface area (Å²) in [7, 11) is 0. The van der Waals surface area contributed by atoms with Crippen molar-refractivity contribution in [3.63, 3.8) is 0 Å². The van der Waals surface area contributed by atoms with Crippen LogP contribution in [0.15, 0.2) is 56.3 Å². The zero-order valence-electron chi connectivity index (χ0n) is 17.1. The lowest BCUT2D eigenvalue weighted by Gasteiger charge is -2.13. The minimum Gasteiger partial charge on any atom is -0.463 e. The number of carbonyl (C=O) groups excluding carboxylic acids is 1. The summed E-state index contributed by atoms with van der Waals surface area (Å²) < 4.78 is 11.4. The van der Waals surface area contributed by atoms with Crippen molar-refractivity contribution < 1.29 is 18.7 Å². The molecule has 6 nitrogen and oxygen atoms in total. The standard InChI is InChI=1S/C24H23NO5/c1-13(11-26)25-21(27)10-18-14(2)17-9-19-20(16-7-5-4-6-8-16)12-29-22(19)15(3)23(17)30-24(18)28/h4-9,12-13,26H,10-11H2,1-3H3,(H,25,27)/t13-/m0/s1. The Bertz CT molecular complexity index is 1300. The second-order valence-corrected chi connectivity index (χ2v) is 7.59. The van der Waals surface area contributed by atoms with Crippen molar-refractivity contribution in [1.29, 1.82) is 0 Å². The molecule has 2 aromatic carbocycles. The molecule has 30 heavy (non-hydrogen) atoms. The van der Waals surface area contributed by atoms with Crippen LogP contribution < -0.4 is 10.9 Å². The number of fused-ring (bicyclic) bond motifs is 2. The maximum Gasteiger partial charge on any atom is 0.340 e. The van der Waals surface area contributed by atoms with E-state index in [1.807, 2.05) is 50.2 Å². The molecule has 0 aliphatic heterocycles. The van der Waals surface area contributed by atoms with Gasteiger partial charge in [-0.3, -0.25) is 4.79 Å². The molecule has 0 fully saturated rings. The number of furan rings is 1. The SMILES string of the molecule is Cc1c(CC(=O)N[C@@H](C)CO)c(=O)oc2c(C)c3occ(-c4ccccc4)c3cc12. The number of aryl methyl sites for hydroxylation is 2. The van der Waals surface area contributed by atoms with Crippen LogP contribution in [0.4, 0.5) is 0 Å². The predicted molar refractivity (Wildman–Crippen MR) is 116 cm³/mol. The Morgan fingerprint density at radius 2 is 1.83 bits per heavy atom. The first kappa shape index (κ1) is 19.9. The normalized spacial score (nSPS) is 12.4. The van der Waals surface area contributed by atoms with Gasteiger partial charge in [-0.2, -0.15) is 0 Å². The van der Waals surface area contributed by atoms with Crippen molar-refractivity contribution in [3.05, 3.63) is 69.8 Å². The summed E-state index contributed by atoms with van der Waals surface area (Å²) in [6.45, 7) is 5.21. The number of aliphatic hydroxyl groups excluding tert-OH is 1. The van der Waals surface area contributed by atoms with E-state index in [1.54, 1.807) is 13.2 Å². The number of carbonyl (C=O) groups is 1. The number of rotatable bonds is 5. The van der Waals surface area contributed by atoms with Gasteiger partial charge in [-0.05, 0) is 38.0 Å². The maximum absolute atomic E-state index is 12.6. The van der Waals surface area contributed by atoms with Gasteiger partial charge in [0.05, 0.1) is 24.9 Å². The van der Waals surface area contributed by atoms with E-state index in [9.17, 15) is 9.59 Å². The Kier molecular flexibility index (Phi) is 5.18. The van der Waals surface area contributed by atoms with Crippen LogP contribution in [-0.2, 0) is 11.2 Å². The first-order valence-corrected chi connectivity index (χ1v) is 9.83. The molecule has 0 bridgehead atoms. The fraction of sp³-hybridized carbons (Fsp3) is 0.250. The zero-order valence-corrected chi connectivity index (χ0v) is 17.1. The molecule has 0 unspecified atom stereocenters. The van der Waals surface area contributed by atoms with Crippen molar-refractivity contribution in [1.82, 2.24) is 5.32 Å². The Hall–Kier alpha value is -3.38. The molecule has 0 spiro atoms. The quantitative estimate of drug-likeness (QED) is 0.492. The summed E-state index contributed by atoms with van der Waals surface area (Å²) >= 11 is 0. The van der Waals surface area contributed by atoms with Gasteiger partial charge in [-0.15, -0.1) is 0 Å². The molecule has 154 valence electrons. The van der Waals surface area contributed by atoms with E-state index in [0.29, 0.717) is 22.3 Å². The average molecular weight is 405 g/mol. The highest BCUT2D eigenvalue weighted by molar-refractivity contribution is 6.05. The summed E-state index contributed by atoms with van der Waals surface area (Å²) in [4.78, 5) is 24.9. The van der Waals surface area contributed by atoms with Crippen molar-refractivity contribution >= 4 is 27.8 Å². The van der Waals surface area contributed by atoms with E-state index in [-0.39, 0.29) is 25.0 Å². The topological polar surface area (TPSA) is 92.7 Å². The first-order chi connectivity index (χ1) is 14.4. The number of hydrogen-bond donors (Lipinski definition) is 2. The van der Waals surface area contributed by atoms with Crippen LogP contribution >= 0.6 is 0 Å². The van der Waals surface area contributed by atoms with Crippen molar-refractivity contribution in [2.75, 3.05) is 6.61 Å². The second-order valence-electron chi connectivity index (χ2n) is 7.59. The lowest BCUT2D eigenvalue weighted by atomic mass is 9.97. The average Bonchev–Trinajstić information content (AvgIpc) is 3.17. The molecular weight excluding hydrogens is 382 g/mol. The van der Waals surface area contributed by atoms with Gasteiger partial charge in [0.25, 0.3) is 0 Å². The molecule has 0 aliphatic rings. The zero-order chi connectivity index (χ0) is 21.4. The van der Waals surface area contributed by atoms with E-state index in [0.717, 1.165) is 27.5 Å². The Morgan fingerprint density at radius 1 is 1.10 bits per heavy atom. The van der Waals surface area contributed by atoms with Gasteiger partial charge in [0.15, 0.2) is 0 Å². The Morgan fingerprint density at radius 3 is 2.53 bits per heavy atom. The first-order valence-electron chi connectivity index (χ1n) is 9.83. The molecule has 0 radical (unpaired) electrons. The van der Waals surface area contributed by atoms with Gasteiger partial charge >= 0.3 is 5.63 Å². The fourth-order valence-electron chi connectivity index (χ4n) is 3.77. The Balaban J connectivity index is 1.88. The molecule has 6 heteroatoms. The van der Waals surface area contributed by atoms with Crippen LogP contribution in [0, 0.1) is 13.8 Å². The largest absolute Gasteiger partial charge is 0.463 e. The summed E-state index contributed by atoms with van der Waals surface area (Å²) in [6.07, 6.45) is 1.60. The van der Waals surface area contributed by atoms with Crippen LogP contribution in [0.5, 0.6) is 0 Å². The van der Waals surface area contributed by atoms with Crippen LogP contribution in [-0.4, -0.2) is 23.7 Å². The van der Waals surface area contributed by atoms with Crippen molar-refractivity contribution in [3.8, 4) is 11.1 Å². The lowest BCUT2D eigenvalue weighted by Crippen LogP contribution is -2.37. The molecule has 0 saturated carbocycles. The minimum atomic E-state index is -0.538. The molecular formula is C24H23NO5. The third-order valence-electron chi connectivity index (χ3n) is 5.45. The van der Waals surface area contributed by atoms with Crippen molar-refractivity contribution in [2.45, 2.75) is 33.2 Å². The summed E-state index contributed by atoms with van der Waals surface area (Å²) in [5.74, 6) is -0.336. The van der Waals surface area contributed by atoms with E-state index < -0.39 is 5.63 Å². The molecule has 2 heterocycles. The van der Waals surface area contributed by atoms with Gasteiger partial charge in [-0.25, -0.2) is 4.79 Å². The van der Waals surface area contributed by atoms with E-state index in [1.165, 1.54) is 0 Å².